The smallest absolute Gasteiger partial charge is 0.0793 e. The van der Waals surface area contributed by atoms with Crippen LogP contribution in [0.2, 0.25) is 0 Å². The molecule has 0 unspecified atom stereocenters. The summed E-state index contributed by atoms with van der Waals surface area (Å²) in [6.07, 6.45) is 2.02. The van der Waals surface area contributed by atoms with Gasteiger partial charge in [0.15, 0.2) is 0 Å². The van der Waals surface area contributed by atoms with Gasteiger partial charge in [0.25, 0.3) is 0 Å². The molecule has 1 rings (SSSR count). The zero-order valence-electron chi connectivity index (χ0n) is 9.19. The average Bonchev–Trinajstić information content (AvgIpc) is 2.44. The first kappa shape index (κ1) is 11.2. The van der Waals surface area contributed by atoms with Gasteiger partial charge in [-0.1, -0.05) is 6.92 Å². The Morgan fingerprint density at radius 2 is 2.29 bits per heavy atom. The zero-order valence-corrected chi connectivity index (χ0v) is 9.19. The highest BCUT2D eigenvalue weighted by Crippen LogP contribution is 2.07. The minimum Gasteiger partial charge on any atom is -0.395 e. The highest BCUT2D eigenvalue weighted by molar-refractivity contribution is 5.14. The SMILES string of the molecule is CCN(CCO)Cc1nn(C)cc1C. The molecule has 0 spiro atoms. The number of hydrogen-bond donors (Lipinski definition) is 1. The van der Waals surface area contributed by atoms with Crippen LogP contribution in [-0.4, -0.2) is 39.5 Å². The maximum Gasteiger partial charge on any atom is 0.0793 e. The Kier molecular flexibility index (Phi) is 4.10. The molecule has 1 heterocycles. The van der Waals surface area contributed by atoms with Crippen LogP contribution < -0.4 is 0 Å². The van der Waals surface area contributed by atoms with Gasteiger partial charge in [-0.15, -0.1) is 0 Å². The molecule has 4 heteroatoms. The van der Waals surface area contributed by atoms with Gasteiger partial charge in [0.1, 0.15) is 0 Å². The van der Waals surface area contributed by atoms with E-state index >= 15 is 0 Å². The van der Waals surface area contributed by atoms with Crippen LogP contribution in [0.3, 0.4) is 0 Å². The molecule has 0 atom stereocenters. The topological polar surface area (TPSA) is 41.3 Å². The molecular weight excluding hydrogens is 178 g/mol. The first-order valence-electron chi connectivity index (χ1n) is 4.99. The van der Waals surface area contributed by atoms with E-state index in [1.54, 1.807) is 0 Å². The summed E-state index contributed by atoms with van der Waals surface area (Å²) in [6.45, 7) is 6.84. The number of rotatable bonds is 5. The molecule has 1 aromatic heterocycles. The third kappa shape index (κ3) is 2.82. The van der Waals surface area contributed by atoms with Crippen molar-refractivity contribution in [2.75, 3.05) is 19.7 Å². The molecule has 1 aromatic rings. The minimum atomic E-state index is 0.208. The van der Waals surface area contributed by atoms with E-state index in [0.29, 0.717) is 6.54 Å². The molecule has 14 heavy (non-hydrogen) atoms. The molecule has 0 aliphatic heterocycles. The predicted octanol–water partition coefficient (Wildman–Crippen LogP) is 0.543. The first-order valence-corrected chi connectivity index (χ1v) is 4.99. The number of aromatic nitrogens is 2. The maximum atomic E-state index is 8.85. The van der Waals surface area contributed by atoms with Crippen LogP contribution in [0.1, 0.15) is 18.2 Å². The lowest BCUT2D eigenvalue weighted by molar-refractivity contribution is 0.195. The second-order valence-corrected chi connectivity index (χ2v) is 3.52. The molecular formula is C10H19N3O. The van der Waals surface area contributed by atoms with Gasteiger partial charge in [0, 0.05) is 26.3 Å². The number of aliphatic hydroxyl groups is 1. The fourth-order valence-corrected chi connectivity index (χ4v) is 1.51. The van der Waals surface area contributed by atoms with Gasteiger partial charge in [-0.2, -0.15) is 5.10 Å². The van der Waals surface area contributed by atoms with E-state index in [9.17, 15) is 0 Å². The molecule has 0 aliphatic rings. The number of likely N-dealkylation sites (N-methyl/N-ethyl adjacent to an activating group) is 1. The van der Waals surface area contributed by atoms with Crippen molar-refractivity contribution in [2.24, 2.45) is 7.05 Å². The summed E-state index contributed by atoms with van der Waals surface area (Å²) in [6, 6.07) is 0. The second-order valence-electron chi connectivity index (χ2n) is 3.52. The number of nitrogens with zero attached hydrogens (tertiary/aromatic N) is 3. The minimum absolute atomic E-state index is 0.208. The third-order valence-electron chi connectivity index (χ3n) is 2.35. The highest BCUT2D eigenvalue weighted by Gasteiger charge is 2.08. The van der Waals surface area contributed by atoms with Crippen LogP contribution in [-0.2, 0) is 13.6 Å². The van der Waals surface area contributed by atoms with Gasteiger partial charge in [0.05, 0.1) is 12.3 Å². The summed E-state index contributed by atoms with van der Waals surface area (Å²) < 4.78 is 1.83. The van der Waals surface area contributed by atoms with E-state index in [2.05, 4.69) is 23.8 Å². The fourth-order valence-electron chi connectivity index (χ4n) is 1.51. The highest BCUT2D eigenvalue weighted by atomic mass is 16.3. The maximum absolute atomic E-state index is 8.85. The van der Waals surface area contributed by atoms with Crippen LogP contribution >= 0.6 is 0 Å². The Bertz CT molecular complexity index is 283. The van der Waals surface area contributed by atoms with E-state index in [0.717, 1.165) is 18.8 Å². The Hall–Kier alpha value is -0.870. The fraction of sp³-hybridized carbons (Fsp3) is 0.700. The molecule has 0 amide bonds. The van der Waals surface area contributed by atoms with Gasteiger partial charge in [0.2, 0.25) is 0 Å². The van der Waals surface area contributed by atoms with Crippen molar-refractivity contribution < 1.29 is 5.11 Å². The van der Waals surface area contributed by atoms with Crippen molar-refractivity contribution in [3.05, 3.63) is 17.5 Å². The van der Waals surface area contributed by atoms with Crippen molar-refractivity contribution >= 4 is 0 Å². The van der Waals surface area contributed by atoms with Gasteiger partial charge >= 0.3 is 0 Å². The summed E-state index contributed by atoms with van der Waals surface area (Å²) in [7, 11) is 1.93. The predicted molar refractivity (Wildman–Crippen MR) is 56.0 cm³/mol. The molecule has 0 radical (unpaired) electrons. The number of aryl methyl sites for hydroxylation is 2. The van der Waals surface area contributed by atoms with E-state index in [1.165, 1.54) is 5.56 Å². The molecule has 80 valence electrons. The summed E-state index contributed by atoms with van der Waals surface area (Å²) >= 11 is 0. The monoisotopic (exact) mass is 197 g/mol. The first-order chi connectivity index (χ1) is 6.67. The van der Waals surface area contributed by atoms with Crippen molar-refractivity contribution in [1.29, 1.82) is 0 Å². The van der Waals surface area contributed by atoms with E-state index < -0.39 is 0 Å². The lowest BCUT2D eigenvalue weighted by atomic mass is 10.2. The van der Waals surface area contributed by atoms with Crippen LogP contribution in [0.4, 0.5) is 0 Å². The Morgan fingerprint density at radius 1 is 1.57 bits per heavy atom. The van der Waals surface area contributed by atoms with Crippen LogP contribution in [0.5, 0.6) is 0 Å². The van der Waals surface area contributed by atoms with Crippen molar-refractivity contribution in [1.82, 2.24) is 14.7 Å². The molecule has 4 nitrogen and oxygen atoms in total. The average molecular weight is 197 g/mol. The normalized spacial score (nSPS) is 11.2. The van der Waals surface area contributed by atoms with Crippen molar-refractivity contribution in [3.63, 3.8) is 0 Å². The lowest BCUT2D eigenvalue weighted by Gasteiger charge is -2.17. The Balaban J connectivity index is 2.61. The van der Waals surface area contributed by atoms with Crippen LogP contribution in [0.15, 0.2) is 6.20 Å². The van der Waals surface area contributed by atoms with E-state index in [1.807, 2.05) is 17.9 Å². The van der Waals surface area contributed by atoms with Crippen molar-refractivity contribution in [2.45, 2.75) is 20.4 Å². The second kappa shape index (κ2) is 5.12. The molecule has 1 N–H and O–H groups in total. The summed E-state index contributed by atoms with van der Waals surface area (Å²) in [5.74, 6) is 0. The van der Waals surface area contributed by atoms with Crippen LogP contribution in [0.25, 0.3) is 0 Å². The van der Waals surface area contributed by atoms with Gasteiger partial charge in [-0.05, 0) is 19.0 Å². The van der Waals surface area contributed by atoms with Gasteiger partial charge in [-0.25, -0.2) is 0 Å². The summed E-state index contributed by atoms with van der Waals surface area (Å²) in [5.41, 5.74) is 2.31. The molecule has 0 bridgehead atoms. The molecule has 0 fully saturated rings. The van der Waals surface area contributed by atoms with E-state index in [4.69, 9.17) is 5.11 Å². The lowest BCUT2D eigenvalue weighted by Crippen LogP contribution is -2.26. The molecule has 0 saturated heterocycles. The summed E-state index contributed by atoms with van der Waals surface area (Å²) in [5, 5.41) is 13.2. The van der Waals surface area contributed by atoms with Gasteiger partial charge in [-0.3, -0.25) is 9.58 Å². The molecule has 0 aliphatic carbocycles. The number of aliphatic hydroxyl groups excluding tert-OH is 1. The third-order valence-corrected chi connectivity index (χ3v) is 2.35. The van der Waals surface area contributed by atoms with Gasteiger partial charge < -0.3 is 5.11 Å². The quantitative estimate of drug-likeness (QED) is 0.749. The Morgan fingerprint density at radius 3 is 2.71 bits per heavy atom. The molecule has 0 aromatic carbocycles. The number of hydrogen-bond acceptors (Lipinski definition) is 3. The summed E-state index contributed by atoms with van der Waals surface area (Å²) in [4.78, 5) is 2.18. The Labute approximate surface area is 85.1 Å². The standard InChI is InChI=1S/C10H19N3O/c1-4-13(5-6-14)8-10-9(2)7-12(3)11-10/h7,14H,4-6,8H2,1-3H3. The largest absolute Gasteiger partial charge is 0.395 e. The van der Waals surface area contributed by atoms with E-state index in [-0.39, 0.29) is 6.61 Å². The van der Waals surface area contributed by atoms with Crippen LogP contribution in [0, 0.1) is 6.92 Å². The molecule has 0 saturated carbocycles. The zero-order chi connectivity index (χ0) is 10.6. The van der Waals surface area contributed by atoms with Crippen molar-refractivity contribution in [3.8, 4) is 0 Å².